The van der Waals surface area contributed by atoms with Gasteiger partial charge in [0.2, 0.25) is 11.8 Å². The molecule has 1 aliphatic heterocycles. The third-order valence-corrected chi connectivity index (χ3v) is 4.31. The van der Waals surface area contributed by atoms with Crippen LogP contribution in [0.1, 0.15) is 6.92 Å². The second kappa shape index (κ2) is 8.64. The number of anilines is 3. The molecule has 2 aromatic rings. The number of amides is 2. The van der Waals surface area contributed by atoms with Gasteiger partial charge in [0.05, 0.1) is 24.6 Å². The minimum absolute atomic E-state index is 0.160. The fourth-order valence-corrected chi connectivity index (χ4v) is 3.04. The number of carbonyl (C=O) groups is 2. The summed E-state index contributed by atoms with van der Waals surface area (Å²) in [6, 6.07) is 13.1. The maximum absolute atomic E-state index is 13.3. The van der Waals surface area contributed by atoms with Gasteiger partial charge in [0.15, 0.2) is 0 Å². The molecule has 1 N–H and O–H groups in total. The molecule has 0 spiro atoms. The highest BCUT2D eigenvalue weighted by Crippen LogP contribution is 2.30. The monoisotopic (exact) mass is 371 g/mol. The minimum atomic E-state index is -0.436. The molecule has 0 atom stereocenters. The Balaban J connectivity index is 1.79. The molecule has 0 radical (unpaired) electrons. The summed E-state index contributed by atoms with van der Waals surface area (Å²) >= 11 is 0. The smallest absolute Gasteiger partial charge is 0.244 e. The van der Waals surface area contributed by atoms with Crippen LogP contribution in [0.2, 0.25) is 0 Å². The number of benzene rings is 2. The number of nitrogens with one attached hydrogen (secondary N) is 1. The van der Waals surface area contributed by atoms with E-state index in [1.807, 2.05) is 24.3 Å². The van der Waals surface area contributed by atoms with E-state index in [1.165, 1.54) is 30.0 Å². The lowest BCUT2D eigenvalue weighted by molar-refractivity contribution is -0.120. The molecule has 0 bridgehead atoms. The number of halogens is 1. The summed E-state index contributed by atoms with van der Waals surface area (Å²) in [5, 5.41) is 2.63. The first kappa shape index (κ1) is 18.8. The highest BCUT2D eigenvalue weighted by Gasteiger charge is 2.22. The number of para-hydroxylation sites is 2. The SMILES string of the molecule is CC(=O)N(CC(=O)Nc1cccc(F)c1)c1ccccc1N1CCOCC1. The molecule has 3 rings (SSSR count). The van der Waals surface area contributed by atoms with Crippen LogP contribution >= 0.6 is 0 Å². The van der Waals surface area contributed by atoms with Crippen LogP contribution in [-0.2, 0) is 14.3 Å². The molecule has 0 unspecified atom stereocenters. The minimum Gasteiger partial charge on any atom is -0.378 e. The predicted octanol–water partition coefficient (Wildman–Crippen LogP) is 2.65. The molecule has 7 heteroatoms. The predicted molar refractivity (Wildman–Crippen MR) is 103 cm³/mol. The van der Waals surface area contributed by atoms with E-state index in [1.54, 1.807) is 6.07 Å². The molecule has 27 heavy (non-hydrogen) atoms. The van der Waals surface area contributed by atoms with E-state index in [2.05, 4.69) is 10.2 Å². The molecule has 1 heterocycles. The van der Waals surface area contributed by atoms with Crippen LogP contribution in [0.5, 0.6) is 0 Å². The summed E-state index contributed by atoms with van der Waals surface area (Å²) in [7, 11) is 0. The molecular formula is C20H22FN3O3. The molecule has 2 aromatic carbocycles. The molecule has 0 aromatic heterocycles. The summed E-state index contributed by atoms with van der Waals surface area (Å²) in [5.74, 6) is -1.08. The van der Waals surface area contributed by atoms with Gasteiger partial charge in [-0.3, -0.25) is 9.59 Å². The Labute approximate surface area is 157 Å². The van der Waals surface area contributed by atoms with Gasteiger partial charge in [0, 0.05) is 25.7 Å². The number of morpholine rings is 1. The lowest BCUT2D eigenvalue weighted by Crippen LogP contribution is -2.40. The zero-order chi connectivity index (χ0) is 19.2. The zero-order valence-corrected chi connectivity index (χ0v) is 15.2. The maximum Gasteiger partial charge on any atom is 0.244 e. The summed E-state index contributed by atoms with van der Waals surface area (Å²) in [6.45, 7) is 3.94. The Morgan fingerprint density at radius 3 is 2.59 bits per heavy atom. The Kier molecular flexibility index (Phi) is 6.03. The van der Waals surface area contributed by atoms with Crippen molar-refractivity contribution in [1.82, 2.24) is 0 Å². The molecule has 0 aliphatic carbocycles. The van der Waals surface area contributed by atoms with Crippen molar-refractivity contribution in [2.45, 2.75) is 6.92 Å². The van der Waals surface area contributed by atoms with Crippen molar-refractivity contribution in [1.29, 1.82) is 0 Å². The number of hydrogen-bond acceptors (Lipinski definition) is 4. The first-order chi connectivity index (χ1) is 13.0. The molecule has 6 nitrogen and oxygen atoms in total. The quantitative estimate of drug-likeness (QED) is 0.878. The van der Waals surface area contributed by atoms with Gasteiger partial charge < -0.3 is 19.9 Å². The maximum atomic E-state index is 13.3. The molecule has 142 valence electrons. The van der Waals surface area contributed by atoms with Crippen LogP contribution < -0.4 is 15.1 Å². The zero-order valence-electron chi connectivity index (χ0n) is 15.2. The Morgan fingerprint density at radius 2 is 1.89 bits per heavy atom. The van der Waals surface area contributed by atoms with Gasteiger partial charge in [0.25, 0.3) is 0 Å². The van der Waals surface area contributed by atoms with Crippen LogP contribution in [0.4, 0.5) is 21.5 Å². The molecule has 2 amide bonds. The number of carbonyl (C=O) groups excluding carboxylic acids is 2. The lowest BCUT2D eigenvalue weighted by atomic mass is 10.2. The molecular weight excluding hydrogens is 349 g/mol. The van der Waals surface area contributed by atoms with Crippen molar-refractivity contribution in [3.63, 3.8) is 0 Å². The van der Waals surface area contributed by atoms with E-state index in [9.17, 15) is 14.0 Å². The van der Waals surface area contributed by atoms with Crippen LogP contribution in [0.3, 0.4) is 0 Å². The van der Waals surface area contributed by atoms with E-state index in [0.717, 1.165) is 18.8 Å². The highest BCUT2D eigenvalue weighted by atomic mass is 19.1. The van der Waals surface area contributed by atoms with Crippen LogP contribution in [-0.4, -0.2) is 44.7 Å². The van der Waals surface area contributed by atoms with Gasteiger partial charge in [-0.25, -0.2) is 4.39 Å². The van der Waals surface area contributed by atoms with E-state index < -0.39 is 11.7 Å². The van der Waals surface area contributed by atoms with Crippen molar-refractivity contribution in [3.05, 3.63) is 54.3 Å². The second-order valence-electron chi connectivity index (χ2n) is 6.25. The molecule has 1 aliphatic rings. The van der Waals surface area contributed by atoms with Crippen LogP contribution in [0.25, 0.3) is 0 Å². The van der Waals surface area contributed by atoms with Crippen molar-refractivity contribution >= 4 is 28.9 Å². The van der Waals surface area contributed by atoms with Crippen molar-refractivity contribution < 1.29 is 18.7 Å². The van der Waals surface area contributed by atoms with E-state index >= 15 is 0 Å². The Morgan fingerprint density at radius 1 is 1.15 bits per heavy atom. The average Bonchev–Trinajstić information content (AvgIpc) is 2.67. The summed E-state index contributed by atoms with van der Waals surface area (Å²) in [4.78, 5) is 28.3. The first-order valence-electron chi connectivity index (χ1n) is 8.80. The van der Waals surface area contributed by atoms with Gasteiger partial charge >= 0.3 is 0 Å². The normalized spacial score (nSPS) is 13.9. The fraction of sp³-hybridized carbons (Fsp3) is 0.300. The van der Waals surface area contributed by atoms with E-state index in [4.69, 9.17) is 4.74 Å². The number of hydrogen-bond donors (Lipinski definition) is 1. The highest BCUT2D eigenvalue weighted by molar-refractivity contribution is 6.03. The second-order valence-corrected chi connectivity index (χ2v) is 6.25. The van der Waals surface area contributed by atoms with Gasteiger partial charge in [0.1, 0.15) is 12.4 Å². The van der Waals surface area contributed by atoms with Gasteiger partial charge in [-0.1, -0.05) is 18.2 Å². The van der Waals surface area contributed by atoms with Crippen molar-refractivity contribution in [3.8, 4) is 0 Å². The number of rotatable bonds is 5. The summed E-state index contributed by atoms with van der Waals surface area (Å²) < 4.78 is 18.7. The van der Waals surface area contributed by atoms with E-state index in [0.29, 0.717) is 24.6 Å². The van der Waals surface area contributed by atoms with Gasteiger partial charge in [-0.15, -0.1) is 0 Å². The molecule has 1 fully saturated rings. The number of ether oxygens (including phenoxy) is 1. The van der Waals surface area contributed by atoms with Gasteiger partial charge in [-0.05, 0) is 30.3 Å². The number of nitrogens with zero attached hydrogens (tertiary/aromatic N) is 2. The Hall–Kier alpha value is -2.93. The molecule has 1 saturated heterocycles. The van der Waals surface area contributed by atoms with Crippen LogP contribution in [0, 0.1) is 5.82 Å². The summed E-state index contributed by atoms with van der Waals surface area (Å²) in [6.07, 6.45) is 0. The topological polar surface area (TPSA) is 61.9 Å². The summed E-state index contributed by atoms with van der Waals surface area (Å²) in [5.41, 5.74) is 1.90. The largest absolute Gasteiger partial charge is 0.378 e. The van der Waals surface area contributed by atoms with Crippen molar-refractivity contribution in [2.75, 3.05) is 48.0 Å². The fourth-order valence-electron chi connectivity index (χ4n) is 3.04. The third kappa shape index (κ3) is 4.83. The standard InChI is InChI=1S/C20H22FN3O3/c1-15(25)24(14-20(26)22-17-6-4-5-16(21)13-17)19-8-3-2-7-18(19)23-9-11-27-12-10-23/h2-8,13H,9-12,14H2,1H3,(H,22,26). The average molecular weight is 371 g/mol. The van der Waals surface area contributed by atoms with E-state index in [-0.39, 0.29) is 12.5 Å². The molecule has 0 saturated carbocycles. The Bertz CT molecular complexity index is 822. The van der Waals surface area contributed by atoms with Gasteiger partial charge in [-0.2, -0.15) is 0 Å². The first-order valence-corrected chi connectivity index (χ1v) is 8.80. The van der Waals surface area contributed by atoms with Crippen LogP contribution in [0.15, 0.2) is 48.5 Å². The lowest BCUT2D eigenvalue weighted by Gasteiger charge is -2.33. The van der Waals surface area contributed by atoms with Crippen molar-refractivity contribution in [2.24, 2.45) is 0 Å². The third-order valence-electron chi connectivity index (χ3n) is 4.31.